The number of esters is 1. The van der Waals surface area contributed by atoms with Gasteiger partial charge in [0.1, 0.15) is 6.10 Å². The molecule has 0 unspecified atom stereocenters. The number of fused-ring (bicyclic) bond motifs is 2. The fraction of sp³-hybridized carbons (Fsp3) is 0.308. The van der Waals surface area contributed by atoms with Crippen molar-refractivity contribution in [3.05, 3.63) is 48.0 Å². The van der Waals surface area contributed by atoms with Gasteiger partial charge in [-0.3, -0.25) is 0 Å². The topological polar surface area (TPSA) is 44.8 Å². The average Bonchev–Trinajstić information content (AvgIpc) is 2.77. The average molecular weight is 232 g/mol. The Morgan fingerprint density at radius 3 is 2.88 bits per heavy atom. The van der Waals surface area contributed by atoms with E-state index in [1.54, 1.807) is 24.3 Å². The summed E-state index contributed by atoms with van der Waals surface area (Å²) in [4.78, 5) is 11.8. The van der Waals surface area contributed by atoms with Crippen LogP contribution in [0.4, 0.5) is 0 Å². The summed E-state index contributed by atoms with van der Waals surface area (Å²) in [5, 5.41) is 0. The van der Waals surface area contributed by atoms with Crippen LogP contribution in [0, 0.1) is 0 Å². The van der Waals surface area contributed by atoms with Crippen LogP contribution in [0.2, 0.25) is 0 Å². The molecule has 0 saturated carbocycles. The molecular formula is C13H12O4. The molecular weight excluding hydrogens is 220 g/mol. The standard InChI is InChI=1S/C13H12O4/c14-12(9-4-2-1-3-5-9)17-11-7-6-10-8-15-13(11)16-10/h1-7,10-11,13H,8H2/t10-,11-,13-/m0/s1. The maximum Gasteiger partial charge on any atom is 0.338 e. The summed E-state index contributed by atoms with van der Waals surface area (Å²) in [5.41, 5.74) is 0.529. The molecule has 0 aliphatic carbocycles. The fourth-order valence-electron chi connectivity index (χ4n) is 1.90. The van der Waals surface area contributed by atoms with Crippen LogP contribution in [0.25, 0.3) is 0 Å². The zero-order chi connectivity index (χ0) is 11.7. The minimum absolute atomic E-state index is 0.00618. The number of benzene rings is 1. The predicted molar refractivity (Wildman–Crippen MR) is 59.4 cm³/mol. The van der Waals surface area contributed by atoms with Gasteiger partial charge in [-0.05, 0) is 18.2 Å². The largest absolute Gasteiger partial charge is 0.449 e. The van der Waals surface area contributed by atoms with Crippen molar-refractivity contribution in [3.63, 3.8) is 0 Å². The fourth-order valence-corrected chi connectivity index (χ4v) is 1.90. The number of rotatable bonds is 2. The van der Waals surface area contributed by atoms with Crippen LogP contribution in [-0.2, 0) is 14.2 Å². The van der Waals surface area contributed by atoms with Gasteiger partial charge in [-0.2, -0.15) is 0 Å². The first-order chi connectivity index (χ1) is 8.33. The van der Waals surface area contributed by atoms with Gasteiger partial charge in [0.2, 0.25) is 0 Å². The van der Waals surface area contributed by atoms with Crippen LogP contribution in [0.1, 0.15) is 10.4 Å². The molecule has 3 atom stereocenters. The SMILES string of the molecule is O=C(O[C@H]1C=C[C@H]2CO[C@H]1O2)c1ccccc1. The smallest absolute Gasteiger partial charge is 0.338 e. The maximum absolute atomic E-state index is 11.8. The number of ether oxygens (including phenoxy) is 3. The molecule has 2 aliphatic rings. The Labute approximate surface area is 98.8 Å². The molecule has 2 aliphatic heterocycles. The van der Waals surface area contributed by atoms with Crippen molar-refractivity contribution in [3.8, 4) is 0 Å². The van der Waals surface area contributed by atoms with E-state index >= 15 is 0 Å². The van der Waals surface area contributed by atoms with E-state index in [1.807, 2.05) is 18.2 Å². The van der Waals surface area contributed by atoms with Crippen LogP contribution < -0.4 is 0 Å². The van der Waals surface area contributed by atoms with E-state index in [0.29, 0.717) is 12.2 Å². The van der Waals surface area contributed by atoms with E-state index in [2.05, 4.69) is 0 Å². The lowest BCUT2D eigenvalue weighted by atomic mass is 10.2. The molecule has 0 amide bonds. The van der Waals surface area contributed by atoms with Gasteiger partial charge in [0.15, 0.2) is 12.4 Å². The number of carbonyl (C=O) groups excluding carboxylic acids is 1. The Morgan fingerprint density at radius 1 is 1.24 bits per heavy atom. The highest BCUT2D eigenvalue weighted by Gasteiger charge is 2.36. The van der Waals surface area contributed by atoms with Gasteiger partial charge in [-0.25, -0.2) is 4.79 Å². The van der Waals surface area contributed by atoms with Gasteiger partial charge in [0, 0.05) is 0 Å². The summed E-state index contributed by atoms with van der Waals surface area (Å²) < 4.78 is 16.2. The summed E-state index contributed by atoms with van der Waals surface area (Å²) in [6, 6.07) is 8.88. The molecule has 0 aromatic heterocycles. The van der Waals surface area contributed by atoms with E-state index in [-0.39, 0.29) is 12.1 Å². The second kappa shape index (κ2) is 4.31. The summed E-state index contributed by atoms with van der Waals surface area (Å²) in [7, 11) is 0. The van der Waals surface area contributed by atoms with E-state index in [9.17, 15) is 4.79 Å². The Kier molecular flexibility index (Phi) is 2.66. The quantitative estimate of drug-likeness (QED) is 0.573. The van der Waals surface area contributed by atoms with Crippen molar-refractivity contribution in [1.29, 1.82) is 0 Å². The Balaban J connectivity index is 1.70. The number of carbonyl (C=O) groups is 1. The third-order valence-electron chi connectivity index (χ3n) is 2.77. The highest BCUT2D eigenvalue weighted by molar-refractivity contribution is 5.89. The lowest BCUT2D eigenvalue weighted by Crippen LogP contribution is -2.33. The molecule has 88 valence electrons. The van der Waals surface area contributed by atoms with Crippen molar-refractivity contribution >= 4 is 5.97 Å². The van der Waals surface area contributed by atoms with Crippen LogP contribution >= 0.6 is 0 Å². The van der Waals surface area contributed by atoms with E-state index in [1.165, 1.54) is 0 Å². The highest BCUT2D eigenvalue weighted by Crippen LogP contribution is 2.24. The number of hydrogen-bond donors (Lipinski definition) is 0. The van der Waals surface area contributed by atoms with Gasteiger partial charge < -0.3 is 14.2 Å². The molecule has 3 rings (SSSR count). The zero-order valence-electron chi connectivity index (χ0n) is 9.11. The van der Waals surface area contributed by atoms with Crippen molar-refractivity contribution in [2.45, 2.75) is 18.5 Å². The first-order valence-corrected chi connectivity index (χ1v) is 5.54. The third kappa shape index (κ3) is 2.09. The van der Waals surface area contributed by atoms with Gasteiger partial charge >= 0.3 is 5.97 Å². The van der Waals surface area contributed by atoms with Gasteiger partial charge in [0.05, 0.1) is 12.2 Å². The molecule has 4 nitrogen and oxygen atoms in total. The van der Waals surface area contributed by atoms with Crippen molar-refractivity contribution < 1.29 is 19.0 Å². The molecule has 4 heteroatoms. The van der Waals surface area contributed by atoms with Gasteiger partial charge in [-0.1, -0.05) is 24.3 Å². The second-order valence-electron chi connectivity index (χ2n) is 4.00. The minimum atomic E-state index is -0.460. The Morgan fingerprint density at radius 2 is 2.06 bits per heavy atom. The summed E-state index contributed by atoms with van der Waals surface area (Å²) in [6.07, 6.45) is 2.78. The molecule has 0 N–H and O–H groups in total. The van der Waals surface area contributed by atoms with Crippen LogP contribution in [-0.4, -0.2) is 31.1 Å². The Bertz CT molecular complexity index is 440. The second-order valence-corrected chi connectivity index (χ2v) is 4.00. The van der Waals surface area contributed by atoms with E-state index in [0.717, 1.165) is 0 Å². The zero-order valence-corrected chi connectivity index (χ0v) is 9.11. The molecule has 17 heavy (non-hydrogen) atoms. The van der Waals surface area contributed by atoms with E-state index < -0.39 is 12.4 Å². The van der Waals surface area contributed by atoms with E-state index in [4.69, 9.17) is 14.2 Å². The molecule has 2 heterocycles. The summed E-state index contributed by atoms with van der Waals surface area (Å²) in [6.45, 7) is 0.528. The van der Waals surface area contributed by atoms with Crippen molar-refractivity contribution in [2.75, 3.05) is 6.61 Å². The molecule has 2 bridgehead atoms. The molecule has 1 saturated heterocycles. The molecule has 1 fully saturated rings. The van der Waals surface area contributed by atoms with Crippen LogP contribution in [0.3, 0.4) is 0 Å². The van der Waals surface area contributed by atoms with Crippen molar-refractivity contribution in [2.24, 2.45) is 0 Å². The molecule has 1 aromatic carbocycles. The summed E-state index contributed by atoms with van der Waals surface area (Å²) >= 11 is 0. The molecule has 1 aromatic rings. The predicted octanol–water partition coefficient (Wildman–Crippen LogP) is 1.52. The first kappa shape index (κ1) is 10.5. The minimum Gasteiger partial charge on any atom is -0.449 e. The normalized spacial score (nSPS) is 30.2. The van der Waals surface area contributed by atoms with Crippen LogP contribution in [0.5, 0.6) is 0 Å². The number of hydrogen-bond acceptors (Lipinski definition) is 4. The van der Waals surface area contributed by atoms with Crippen LogP contribution in [0.15, 0.2) is 42.5 Å². The van der Waals surface area contributed by atoms with Gasteiger partial charge in [-0.15, -0.1) is 0 Å². The Hall–Kier alpha value is -1.65. The summed E-state index contributed by atoms with van der Waals surface area (Å²) in [5.74, 6) is -0.363. The lowest BCUT2D eigenvalue weighted by molar-refractivity contribution is -0.119. The first-order valence-electron chi connectivity index (χ1n) is 5.54. The van der Waals surface area contributed by atoms with Crippen molar-refractivity contribution in [1.82, 2.24) is 0 Å². The highest BCUT2D eigenvalue weighted by atomic mass is 16.7. The van der Waals surface area contributed by atoms with Gasteiger partial charge in [0.25, 0.3) is 0 Å². The monoisotopic (exact) mass is 232 g/mol. The maximum atomic E-state index is 11.8. The molecule has 0 spiro atoms. The molecule has 0 radical (unpaired) electrons. The lowest BCUT2D eigenvalue weighted by Gasteiger charge is -2.22. The third-order valence-corrected chi connectivity index (χ3v) is 2.77.